The van der Waals surface area contributed by atoms with Gasteiger partial charge in [-0.25, -0.2) is 0 Å². The Morgan fingerprint density at radius 3 is 2.59 bits per heavy atom. The molecular formula is C21H20O. The van der Waals surface area contributed by atoms with Crippen LogP contribution in [0, 0.1) is 11.8 Å². The van der Waals surface area contributed by atoms with Gasteiger partial charge in [0.1, 0.15) is 0 Å². The standard InChI is InChI=1S/C21H20O/c1-18(2)14-15-20-12-6-7-13-21(20)17-22-16-8-11-19-9-4-3-5-10-19/h3-13H,1,16-17H2,2H3/b11-8+. The van der Waals surface area contributed by atoms with Crippen LogP contribution in [0.5, 0.6) is 0 Å². The Kier molecular flexibility index (Phi) is 6.23. The monoisotopic (exact) mass is 288 g/mol. The van der Waals surface area contributed by atoms with Gasteiger partial charge in [0.05, 0.1) is 13.2 Å². The van der Waals surface area contributed by atoms with Gasteiger partial charge in [-0.2, -0.15) is 0 Å². The fourth-order valence-corrected chi connectivity index (χ4v) is 1.93. The van der Waals surface area contributed by atoms with E-state index in [1.165, 1.54) is 5.56 Å². The fourth-order valence-electron chi connectivity index (χ4n) is 1.93. The summed E-state index contributed by atoms with van der Waals surface area (Å²) in [6.07, 6.45) is 4.09. The Bertz CT molecular complexity index is 699. The van der Waals surface area contributed by atoms with Gasteiger partial charge in [-0.15, -0.1) is 0 Å². The summed E-state index contributed by atoms with van der Waals surface area (Å²) in [4.78, 5) is 0. The van der Waals surface area contributed by atoms with Crippen LogP contribution in [0.15, 0.2) is 72.8 Å². The summed E-state index contributed by atoms with van der Waals surface area (Å²) in [5.74, 6) is 6.14. The largest absolute Gasteiger partial charge is 0.373 e. The normalized spacial score (nSPS) is 10.2. The highest BCUT2D eigenvalue weighted by Gasteiger charge is 1.98. The first-order valence-corrected chi connectivity index (χ1v) is 7.30. The van der Waals surface area contributed by atoms with Crippen LogP contribution < -0.4 is 0 Å². The number of ether oxygens (including phenoxy) is 1. The predicted octanol–water partition coefficient (Wildman–Crippen LogP) is 4.84. The van der Waals surface area contributed by atoms with Crippen LogP contribution in [0.4, 0.5) is 0 Å². The summed E-state index contributed by atoms with van der Waals surface area (Å²) in [6.45, 7) is 6.84. The van der Waals surface area contributed by atoms with E-state index in [0.717, 1.165) is 16.7 Å². The second-order valence-electron chi connectivity index (χ2n) is 5.02. The molecule has 0 spiro atoms. The Morgan fingerprint density at radius 1 is 1.09 bits per heavy atom. The lowest BCUT2D eigenvalue weighted by Crippen LogP contribution is -1.95. The van der Waals surface area contributed by atoms with Crippen molar-refractivity contribution in [1.82, 2.24) is 0 Å². The molecule has 2 aromatic carbocycles. The van der Waals surface area contributed by atoms with E-state index in [-0.39, 0.29) is 0 Å². The topological polar surface area (TPSA) is 9.23 Å². The Balaban J connectivity index is 1.89. The maximum atomic E-state index is 5.71. The lowest BCUT2D eigenvalue weighted by molar-refractivity contribution is 0.149. The molecule has 0 saturated carbocycles. The highest BCUT2D eigenvalue weighted by molar-refractivity contribution is 5.48. The molecule has 0 atom stereocenters. The van der Waals surface area contributed by atoms with Crippen molar-refractivity contribution in [2.75, 3.05) is 6.61 Å². The van der Waals surface area contributed by atoms with Crippen LogP contribution in [0.2, 0.25) is 0 Å². The third-order valence-electron chi connectivity index (χ3n) is 3.01. The van der Waals surface area contributed by atoms with Crippen LogP contribution in [-0.2, 0) is 11.3 Å². The van der Waals surface area contributed by atoms with Crippen LogP contribution in [-0.4, -0.2) is 6.61 Å². The summed E-state index contributed by atoms with van der Waals surface area (Å²) in [7, 11) is 0. The Labute approximate surface area is 133 Å². The Morgan fingerprint density at radius 2 is 1.82 bits per heavy atom. The number of allylic oxidation sites excluding steroid dienone is 1. The third kappa shape index (κ3) is 5.44. The summed E-state index contributed by atoms with van der Waals surface area (Å²) in [5.41, 5.74) is 4.14. The zero-order valence-electron chi connectivity index (χ0n) is 12.9. The van der Waals surface area contributed by atoms with E-state index in [4.69, 9.17) is 4.74 Å². The molecule has 0 N–H and O–H groups in total. The summed E-state index contributed by atoms with van der Waals surface area (Å²) >= 11 is 0. The molecule has 2 rings (SSSR count). The molecule has 0 aliphatic rings. The third-order valence-corrected chi connectivity index (χ3v) is 3.01. The SMILES string of the molecule is C=C(C)C#Cc1ccccc1COC/C=C/c1ccccc1. The smallest absolute Gasteiger partial charge is 0.0733 e. The summed E-state index contributed by atoms with van der Waals surface area (Å²) in [5, 5.41) is 0. The van der Waals surface area contributed by atoms with Crippen LogP contribution in [0.25, 0.3) is 6.08 Å². The van der Waals surface area contributed by atoms with Gasteiger partial charge in [0.25, 0.3) is 0 Å². The van der Waals surface area contributed by atoms with Crippen molar-refractivity contribution in [3.05, 3.63) is 89.5 Å². The van der Waals surface area contributed by atoms with Crippen molar-refractivity contribution in [3.8, 4) is 11.8 Å². The molecule has 0 unspecified atom stereocenters. The van der Waals surface area contributed by atoms with E-state index in [9.17, 15) is 0 Å². The zero-order chi connectivity index (χ0) is 15.6. The maximum absolute atomic E-state index is 5.71. The molecule has 110 valence electrons. The number of rotatable bonds is 5. The molecule has 0 aromatic heterocycles. The minimum absolute atomic E-state index is 0.556. The summed E-state index contributed by atoms with van der Waals surface area (Å²) < 4.78 is 5.71. The predicted molar refractivity (Wildman–Crippen MR) is 93.3 cm³/mol. The molecule has 0 aliphatic heterocycles. The van der Waals surface area contributed by atoms with Crippen molar-refractivity contribution in [1.29, 1.82) is 0 Å². The van der Waals surface area contributed by atoms with E-state index < -0.39 is 0 Å². The highest BCUT2D eigenvalue weighted by atomic mass is 16.5. The first kappa shape index (κ1) is 15.8. The molecule has 22 heavy (non-hydrogen) atoms. The van der Waals surface area contributed by atoms with Gasteiger partial charge < -0.3 is 4.74 Å². The molecule has 0 aliphatic carbocycles. The van der Waals surface area contributed by atoms with Gasteiger partial charge in [0.15, 0.2) is 0 Å². The molecule has 2 aromatic rings. The van der Waals surface area contributed by atoms with Gasteiger partial charge in [-0.3, -0.25) is 0 Å². The zero-order valence-corrected chi connectivity index (χ0v) is 12.9. The van der Waals surface area contributed by atoms with E-state index >= 15 is 0 Å². The molecule has 0 saturated heterocycles. The quantitative estimate of drug-likeness (QED) is 0.565. The number of hydrogen-bond acceptors (Lipinski definition) is 1. The average molecular weight is 288 g/mol. The first-order chi connectivity index (χ1) is 10.8. The van der Waals surface area contributed by atoms with Crippen LogP contribution in [0.3, 0.4) is 0 Å². The highest BCUT2D eigenvalue weighted by Crippen LogP contribution is 2.09. The van der Waals surface area contributed by atoms with E-state index in [2.05, 4.69) is 36.6 Å². The molecule has 0 bridgehead atoms. The molecular weight excluding hydrogens is 268 g/mol. The number of hydrogen-bond donors (Lipinski definition) is 0. The van der Waals surface area contributed by atoms with Crippen LogP contribution in [0.1, 0.15) is 23.6 Å². The lowest BCUT2D eigenvalue weighted by Gasteiger charge is -2.04. The molecule has 0 fully saturated rings. The molecule has 0 amide bonds. The second kappa shape index (κ2) is 8.67. The van der Waals surface area contributed by atoms with Gasteiger partial charge in [0, 0.05) is 5.56 Å². The van der Waals surface area contributed by atoms with Gasteiger partial charge >= 0.3 is 0 Å². The van der Waals surface area contributed by atoms with Crippen molar-refractivity contribution in [2.24, 2.45) is 0 Å². The Hall–Kier alpha value is -2.56. The molecule has 1 heteroatoms. The van der Waals surface area contributed by atoms with Gasteiger partial charge in [0.2, 0.25) is 0 Å². The minimum atomic E-state index is 0.556. The average Bonchev–Trinajstić information content (AvgIpc) is 2.54. The van der Waals surface area contributed by atoms with Crippen LogP contribution >= 0.6 is 0 Å². The summed E-state index contributed by atoms with van der Waals surface area (Å²) in [6, 6.07) is 18.2. The lowest BCUT2D eigenvalue weighted by atomic mass is 10.1. The first-order valence-electron chi connectivity index (χ1n) is 7.30. The molecule has 1 nitrogen and oxygen atoms in total. The van der Waals surface area contributed by atoms with E-state index in [1.54, 1.807) is 0 Å². The van der Waals surface area contributed by atoms with E-state index in [0.29, 0.717) is 13.2 Å². The van der Waals surface area contributed by atoms with Gasteiger partial charge in [-0.05, 0) is 29.7 Å². The molecule has 0 radical (unpaired) electrons. The minimum Gasteiger partial charge on any atom is -0.373 e. The maximum Gasteiger partial charge on any atom is 0.0733 e. The van der Waals surface area contributed by atoms with E-state index in [1.807, 2.05) is 55.5 Å². The van der Waals surface area contributed by atoms with Gasteiger partial charge in [-0.1, -0.05) is 79.1 Å². The van der Waals surface area contributed by atoms with Crippen molar-refractivity contribution in [2.45, 2.75) is 13.5 Å². The van der Waals surface area contributed by atoms with Crippen molar-refractivity contribution in [3.63, 3.8) is 0 Å². The van der Waals surface area contributed by atoms with Crippen molar-refractivity contribution >= 4 is 6.08 Å². The van der Waals surface area contributed by atoms with Crippen molar-refractivity contribution < 1.29 is 4.74 Å². The second-order valence-corrected chi connectivity index (χ2v) is 5.02. The molecule has 0 heterocycles. The number of benzene rings is 2. The fraction of sp³-hybridized carbons (Fsp3) is 0.143.